The van der Waals surface area contributed by atoms with Gasteiger partial charge in [-0.25, -0.2) is 4.98 Å². The van der Waals surface area contributed by atoms with Crippen molar-refractivity contribution in [1.82, 2.24) is 9.55 Å². The van der Waals surface area contributed by atoms with E-state index >= 15 is 0 Å². The van der Waals surface area contributed by atoms with Crippen LogP contribution in [-0.2, 0) is 7.05 Å². The molecule has 1 rings (SSSR count). The maximum atomic E-state index is 11.6. The summed E-state index contributed by atoms with van der Waals surface area (Å²) in [6.07, 6.45) is 5.02. The Balaban J connectivity index is 2.79. The van der Waals surface area contributed by atoms with Gasteiger partial charge in [-0.3, -0.25) is 4.79 Å². The third-order valence-electron chi connectivity index (χ3n) is 2.37. The molecular formula is C10H18N4O. The summed E-state index contributed by atoms with van der Waals surface area (Å²) in [5.41, 5.74) is 5.38. The van der Waals surface area contributed by atoms with Crippen molar-refractivity contribution >= 4 is 5.82 Å². The number of rotatable bonds is 5. The van der Waals surface area contributed by atoms with Gasteiger partial charge in [0.1, 0.15) is 0 Å². The van der Waals surface area contributed by atoms with Crippen molar-refractivity contribution in [2.75, 3.05) is 11.9 Å². The Hall–Kier alpha value is -1.36. The Kier molecular flexibility index (Phi) is 4.30. The molecule has 15 heavy (non-hydrogen) atoms. The predicted octanol–water partition coefficient (Wildman–Crippen LogP) is 0.320. The molecule has 0 spiro atoms. The molecule has 0 radical (unpaired) electrons. The van der Waals surface area contributed by atoms with Crippen LogP contribution in [0, 0.1) is 0 Å². The van der Waals surface area contributed by atoms with Crippen molar-refractivity contribution in [3.63, 3.8) is 0 Å². The molecule has 3 N–H and O–H groups in total. The number of aryl methyl sites for hydroxylation is 1. The lowest BCUT2D eigenvalue weighted by Crippen LogP contribution is -2.29. The first-order chi connectivity index (χ1) is 7.19. The summed E-state index contributed by atoms with van der Waals surface area (Å²) in [5.74, 6) is 0.403. The number of nitrogens with zero attached hydrogens (tertiary/aromatic N) is 2. The van der Waals surface area contributed by atoms with Crippen LogP contribution >= 0.6 is 0 Å². The fraction of sp³-hybridized carbons (Fsp3) is 0.600. The van der Waals surface area contributed by atoms with E-state index in [1.165, 1.54) is 4.57 Å². The molecule has 0 fully saturated rings. The molecule has 0 saturated heterocycles. The number of hydrogen-bond acceptors (Lipinski definition) is 4. The number of nitrogens with two attached hydrogens (primary N) is 1. The highest BCUT2D eigenvalue weighted by molar-refractivity contribution is 5.32. The monoisotopic (exact) mass is 210 g/mol. The first-order valence-corrected chi connectivity index (χ1v) is 5.17. The van der Waals surface area contributed by atoms with Crippen molar-refractivity contribution in [2.24, 2.45) is 12.8 Å². The predicted molar refractivity (Wildman–Crippen MR) is 60.9 cm³/mol. The van der Waals surface area contributed by atoms with Crippen LogP contribution in [0.15, 0.2) is 17.2 Å². The molecule has 0 bridgehead atoms. The molecule has 0 aliphatic carbocycles. The number of anilines is 1. The third kappa shape index (κ3) is 3.06. The molecule has 84 valence electrons. The van der Waals surface area contributed by atoms with Crippen LogP contribution in [-0.4, -0.2) is 22.1 Å². The van der Waals surface area contributed by atoms with E-state index in [0.29, 0.717) is 12.4 Å². The van der Waals surface area contributed by atoms with Gasteiger partial charge in [0.25, 0.3) is 5.56 Å². The Morgan fingerprint density at radius 1 is 1.67 bits per heavy atom. The Morgan fingerprint density at radius 3 is 3.00 bits per heavy atom. The maximum absolute atomic E-state index is 11.6. The van der Waals surface area contributed by atoms with Crippen molar-refractivity contribution in [3.05, 3.63) is 22.7 Å². The summed E-state index contributed by atoms with van der Waals surface area (Å²) in [6.45, 7) is 2.67. The zero-order valence-electron chi connectivity index (χ0n) is 9.23. The van der Waals surface area contributed by atoms with Gasteiger partial charge in [-0.2, -0.15) is 0 Å². The second-order valence-electron chi connectivity index (χ2n) is 3.52. The van der Waals surface area contributed by atoms with Gasteiger partial charge in [0.15, 0.2) is 5.82 Å². The van der Waals surface area contributed by atoms with Crippen LogP contribution in [0.2, 0.25) is 0 Å². The fourth-order valence-electron chi connectivity index (χ4n) is 1.37. The van der Waals surface area contributed by atoms with Crippen LogP contribution < -0.4 is 16.6 Å². The molecule has 1 atom stereocenters. The second-order valence-corrected chi connectivity index (χ2v) is 3.52. The number of aromatic nitrogens is 2. The van der Waals surface area contributed by atoms with Crippen molar-refractivity contribution in [1.29, 1.82) is 0 Å². The van der Waals surface area contributed by atoms with Crippen molar-refractivity contribution < 1.29 is 0 Å². The molecule has 0 saturated carbocycles. The van der Waals surface area contributed by atoms with Gasteiger partial charge in [0.05, 0.1) is 0 Å². The zero-order valence-corrected chi connectivity index (χ0v) is 9.23. The minimum absolute atomic E-state index is 0.104. The molecule has 1 aromatic heterocycles. The molecule has 5 heteroatoms. The van der Waals surface area contributed by atoms with Crippen molar-refractivity contribution in [2.45, 2.75) is 25.8 Å². The maximum Gasteiger partial charge on any atom is 0.293 e. The van der Waals surface area contributed by atoms with E-state index in [1.54, 1.807) is 19.4 Å². The lowest BCUT2D eigenvalue weighted by atomic mass is 10.1. The highest BCUT2D eigenvalue weighted by Crippen LogP contribution is 2.03. The largest absolute Gasteiger partial charge is 0.363 e. The van der Waals surface area contributed by atoms with Crippen LogP contribution in [0.3, 0.4) is 0 Å². The van der Waals surface area contributed by atoms with Gasteiger partial charge in [0, 0.05) is 25.5 Å². The Labute approximate surface area is 89.3 Å². The number of nitrogens with one attached hydrogen (secondary N) is 1. The average molecular weight is 210 g/mol. The average Bonchev–Trinajstić information content (AvgIpc) is 2.24. The van der Waals surface area contributed by atoms with Crippen LogP contribution in [0.4, 0.5) is 5.82 Å². The molecule has 0 aliphatic rings. The van der Waals surface area contributed by atoms with Crippen LogP contribution in [0.5, 0.6) is 0 Å². The minimum Gasteiger partial charge on any atom is -0.363 e. The lowest BCUT2D eigenvalue weighted by Gasteiger charge is -2.16. The standard InChI is InChI=1S/C10H18N4O/c1-3-8(4-5-11)13-9-10(15)14(2)7-6-12-9/h6-8H,3-5,11H2,1-2H3,(H,12,13). The Morgan fingerprint density at radius 2 is 2.40 bits per heavy atom. The quantitative estimate of drug-likeness (QED) is 0.734. The molecule has 1 heterocycles. The number of hydrogen-bond donors (Lipinski definition) is 2. The van der Waals surface area contributed by atoms with Crippen molar-refractivity contribution in [3.8, 4) is 0 Å². The smallest absolute Gasteiger partial charge is 0.293 e. The minimum atomic E-state index is -0.104. The van der Waals surface area contributed by atoms with E-state index < -0.39 is 0 Å². The van der Waals surface area contributed by atoms with E-state index in [4.69, 9.17) is 5.73 Å². The lowest BCUT2D eigenvalue weighted by molar-refractivity contribution is 0.636. The van der Waals surface area contributed by atoms with Gasteiger partial charge in [-0.15, -0.1) is 0 Å². The highest BCUT2D eigenvalue weighted by Gasteiger charge is 2.08. The van der Waals surface area contributed by atoms with Crippen LogP contribution in [0.25, 0.3) is 0 Å². The molecule has 1 aromatic rings. The topological polar surface area (TPSA) is 72.9 Å². The molecule has 1 unspecified atom stereocenters. The molecule has 0 aliphatic heterocycles. The summed E-state index contributed by atoms with van der Waals surface area (Å²) in [6, 6.07) is 0.220. The molecule has 0 aromatic carbocycles. The SMILES string of the molecule is CCC(CCN)Nc1nccn(C)c1=O. The summed E-state index contributed by atoms with van der Waals surface area (Å²) in [5, 5.41) is 3.11. The summed E-state index contributed by atoms with van der Waals surface area (Å²) in [4.78, 5) is 15.7. The van der Waals surface area contributed by atoms with Gasteiger partial charge in [-0.05, 0) is 19.4 Å². The van der Waals surface area contributed by atoms with E-state index in [-0.39, 0.29) is 11.6 Å². The second kappa shape index (κ2) is 5.50. The van der Waals surface area contributed by atoms with Gasteiger partial charge >= 0.3 is 0 Å². The van der Waals surface area contributed by atoms with E-state index in [1.807, 2.05) is 0 Å². The van der Waals surface area contributed by atoms with Gasteiger partial charge < -0.3 is 15.6 Å². The normalized spacial score (nSPS) is 12.5. The molecule has 5 nitrogen and oxygen atoms in total. The van der Waals surface area contributed by atoms with Gasteiger partial charge in [-0.1, -0.05) is 6.92 Å². The summed E-state index contributed by atoms with van der Waals surface area (Å²) in [7, 11) is 1.71. The van der Waals surface area contributed by atoms with Gasteiger partial charge in [0.2, 0.25) is 0 Å². The highest BCUT2D eigenvalue weighted by atomic mass is 16.1. The molecule has 0 amide bonds. The third-order valence-corrected chi connectivity index (χ3v) is 2.37. The fourth-order valence-corrected chi connectivity index (χ4v) is 1.37. The van der Waals surface area contributed by atoms with Crippen LogP contribution in [0.1, 0.15) is 19.8 Å². The summed E-state index contributed by atoms with van der Waals surface area (Å²) >= 11 is 0. The zero-order chi connectivity index (χ0) is 11.3. The molecular weight excluding hydrogens is 192 g/mol. The van der Waals surface area contributed by atoms with E-state index in [9.17, 15) is 4.79 Å². The first kappa shape index (κ1) is 11.7. The Bertz CT molecular complexity index is 361. The van der Waals surface area contributed by atoms with E-state index in [2.05, 4.69) is 17.2 Å². The first-order valence-electron chi connectivity index (χ1n) is 5.17. The van der Waals surface area contributed by atoms with E-state index in [0.717, 1.165) is 12.8 Å². The summed E-state index contributed by atoms with van der Waals surface area (Å²) < 4.78 is 1.50.